The van der Waals surface area contributed by atoms with E-state index in [9.17, 15) is 14.4 Å². The summed E-state index contributed by atoms with van der Waals surface area (Å²) < 4.78 is 0. The molecule has 3 amide bonds. The van der Waals surface area contributed by atoms with E-state index in [1.54, 1.807) is 29.2 Å². The summed E-state index contributed by atoms with van der Waals surface area (Å²) in [7, 11) is 0. The van der Waals surface area contributed by atoms with Crippen molar-refractivity contribution in [3.05, 3.63) is 29.8 Å². The summed E-state index contributed by atoms with van der Waals surface area (Å²) in [6, 6.07) is 6.98. The molecule has 6 nitrogen and oxygen atoms in total. The summed E-state index contributed by atoms with van der Waals surface area (Å²) in [6.45, 7) is 3.76. The van der Waals surface area contributed by atoms with Crippen LogP contribution in [0.3, 0.4) is 0 Å². The van der Waals surface area contributed by atoms with Gasteiger partial charge in [-0.05, 0) is 31.0 Å². The highest BCUT2D eigenvalue weighted by atomic mass is 16.2. The number of anilines is 1. The summed E-state index contributed by atoms with van der Waals surface area (Å²) in [4.78, 5) is 40.3. The van der Waals surface area contributed by atoms with Gasteiger partial charge in [-0.1, -0.05) is 25.3 Å². The molecule has 3 rings (SSSR count). The highest BCUT2D eigenvalue weighted by molar-refractivity contribution is 5.97. The zero-order chi connectivity index (χ0) is 18.5. The van der Waals surface area contributed by atoms with Crippen molar-refractivity contribution in [2.24, 2.45) is 5.92 Å². The number of hydrogen-bond donors (Lipinski definition) is 1. The van der Waals surface area contributed by atoms with Crippen molar-refractivity contribution < 1.29 is 14.4 Å². The Morgan fingerprint density at radius 3 is 2.27 bits per heavy atom. The van der Waals surface area contributed by atoms with Gasteiger partial charge < -0.3 is 15.1 Å². The molecule has 0 aromatic heterocycles. The van der Waals surface area contributed by atoms with Crippen LogP contribution in [0.4, 0.5) is 5.69 Å². The van der Waals surface area contributed by atoms with E-state index in [1.807, 2.05) is 4.90 Å². The number of amides is 3. The molecule has 1 aromatic carbocycles. The molecular weight excluding hydrogens is 330 g/mol. The second kappa shape index (κ2) is 8.34. The molecule has 1 saturated carbocycles. The molecular formula is C20H27N3O3. The number of rotatable bonds is 3. The second-order valence-electron chi connectivity index (χ2n) is 7.21. The first-order valence-electron chi connectivity index (χ1n) is 9.50. The molecule has 1 aromatic rings. The van der Waals surface area contributed by atoms with Crippen molar-refractivity contribution in [2.75, 3.05) is 31.5 Å². The van der Waals surface area contributed by atoms with Crippen molar-refractivity contribution in [1.82, 2.24) is 9.80 Å². The Morgan fingerprint density at radius 2 is 1.62 bits per heavy atom. The van der Waals surface area contributed by atoms with Gasteiger partial charge in [-0.15, -0.1) is 0 Å². The van der Waals surface area contributed by atoms with Crippen molar-refractivity contribution >= 4 is 23.4 Å². The number of carbonyl (C=O) groups is 3. The second-order valence-corrected chi connectivity index (χ2v) is 7.21. The number of hydrogen-bond acceptors (Lipinski definition) is 3. The number of nitrogens with one attached hydrogen (secondary N) is 1. The molecule has 2 fully saturated rings. The van der Waals surface area contributed by atoms with Crippen LogP contribution in [0.15, 0.2) is 24.3 Å². The maximum atomic E-state index is 12.7. The van der Waals surface area contributed by atoms with Crippen LogP contribution in [0, 0.1) is 5.92 Å². The normalized spacial score (nSPS) is 18.5. The predicted molar refractivity (Wildman–Crippen MR) is 99.8 cm³/mol. The molecule has 1 aliphatic heterocycles. The first-order chi connectivity index (χ1) is 12.5. The lowest BCUT2D eigenvalue weighted by molar-refractivity contribution is -0.138. The highest BCUT2D eigenvalue weighted by Gasteiger charge is 2.29. The summed E-state index contributed by atoms with van der Waals surface area (Å²) in [5.41, 5.74) is 1.18. The van der Waals surface area contributed by atoms with Crippen LogP contribution in [0.25, 0.3) is 0 Å². The van der Waals surface area contributed by atoms with E-state index >= 15 is 0 Å². The van der Waals surface area contributed by atoms with Gasteiger partial charge >= 0.3 is 0 Å². The van der Waals surface area contributed by atoms with Crippen molar-refractivity contribution in [3.8, 4) is 0 Å². The molecule has 1 aliphatic carbocycles. The number of nitrogens with zero attached hydrogens (tertiary/aromatic N) is 2. The van der Waals surface area contributed by atoms with Gasteiger partial charge in [-0.2, -0.15) is 0 Å². The molecule has 1 heterocycles. The maximum absolute atomic E-state index is 12.7. The number of benzene rings is 1. The zero-order valence-corrected chi connectivity index (χ0v) is 15.4. The highest BCUT2D eigenvalue weighted by Crippen LogP contribution is 2.26. The lowest BCUT2D eigenvalue weighted by atomic mass is 9.88. The van der Waals surface area contributed by atoms with Crippen molar-refractivity contribution in [3.63, 3.8) is 0 Å². The Balaban J connectivity index is 1.56. The number of piperazine rings is 1. The fourth-order valence-corrected chi connectivity index (χ4v) is 3.85. The van der Waals surface area contributed by atoms with Crippen LogP contribution < -0.4 is 5.32 Å². The minimum Gasteiger partial charge on any atom is -0.339 e. The Hall–Kier alpha value is -2.37. The zero-order valence-electron chi connectivity index (χ0n) is 15.4. The van der Waals surface area contributed by atoms with Gasteiger partial charge in [0.1, 0.15) is 0 Å². The van der Waals surface area contributed by atoms with Crippen LogP contribution >= 0.6 is 0 Å². The Bertz CT molecular complexity index is 675. The minimum absolute atomic E-state index is 0.0537. The van der Waals surface area contributed by atoms with Crippen LogP contribution in [0.1, 0.15) is 49.4 Å². The molecule has 0 unspecified atom stereocenters. The largest absolute Gasteiger partial charge is 0.339 e. The molecule has 26 heavy (non-hydrogen) atoms. The molecule has 140 valence electrons. The predicted octanol–water partition coefficient (Wildman–Crippen LogP) is 2.51. The van der Waals surface area contributed by atoms with Gasteiger partial charge in [-0.25, -0.2) is 0 Å². The fraction of sp³-hybridized carbons (Fsp3) is 0.550. The third-order valence-electron chi connectivity index (χ3n) is 5.26. The van der Waals surface area contributed by atoms with Crippen LogP contribution in [-0.4, -0.2) is 53.7 Å². The lowest BCUT2D eigenvalue weighted by Crippen LogP contribution is -2.52. The van der Waals surface area contributed by atoms with E-state index in [2.05, 4.69) is 5.32 Å². The quantitative estimate of drug-likeness (QED) is 0.904. The topological polar surface area (TPSA) is 69.7 Å². The van der Waals surface area contributed by atoms with Crippen molar-refractivity contribution in [2.45, 2.75) is 39.0 Å². The molecule has 0 bridgehead atoms. The van der Waals surface area contributed by atoms with Gasteiger partial charge in [0.2, 0.25) is 11.8 Å². The fourth-order valence-electron chi connectivity index (χ4n) is 3.85. The number of carbonyl (C=O) groups excluding carboxylic acids is 3. The smallest absolute Gasteiger partial charge is 0.254 e. The molecule has 1 N–H and O–H groups in total. The summed E-state index contributed by atoms with van der Waals surface area (Å²) in [6.07, 6.45) is 5.56. The van der Waals surface area contributed by atoms with Gasteiger partial charge in [-0.3, -0.25) is 14.4 Å². The molecule has 0 radical (unpaired) electrons. The Kier molecular flexibility index (Phi) is 5.91. The molecule has 0 atom stereocenters. The standard InChI is InChI=1S/C20H27N3O3/c1-15(24)21-18-9-5-8-17(14-18)20(26)23-12-10-22(11-13-23)19(25)16-6-3-2-4-7-16/h5,8-9,14,16H,2-4,6-7,10-13H2,1H3,(H,21,24). The van der Waals surface area contributed by atoms with Gasteiger partial charge in [0.15, 0.2) is 0 Å². The summed E-state index contributed by atoms with van der Waals surface area (Å²) in [5.74, 6) is 0.233. The van der Waals surface area contributed by atoms with Crippen LogP contribution in [0.5, 0.6) is 0 Å². The Morgan fingerprint density at radius 1 is 0.962 bits per heavy atom. The van der Waals surface area contributed by atoms with Gasteiger partial charge in [0.05, 0.1) is 0 Å². The van der Waals surface area contributed by atoms with E-state index < -0.39 is 0 Å². The molecule has 2 aliphatic rings. The van der Waals surface area contributed by atoms with Gasteiger partial charge in [0.25, 0.3) is 5.91 Å². The van der Waals surface area contributed by atoms with E-state index in [0.29, 0.717) is 37.4 Å². The van der Waals surface area contributed by atoms with E-state index in [1.165, 1.54) is 13.3 Å². The third-order valence-corrected chi connectivity index (χ3v) is 5.26. The van der Waals surface area contributed by atoms with E-state index in [-0.39, 0.29) is 23.6 Å². The third kappa shape index (κ3) is 4.42. The first-order valence-corrected chi connectivity index (χ1v) is 9.50. The molecule has 0 spiro atoms. The van der Waals surface area contributed by atoms with Crippen LogP contribution in [0.2, 0.25) is 0 Å². The SMILES string of the molecule is CC(=O)Nc1cccc(C(=O)N2CCN(C(=O)C3CCCCC3)CC2)c1. The lowest BCUT2D eigenvalue weighted by Gasteiger charge is -2.37. The maximum Gasteiger partial charge on any atom is 0.254 e. The van der Waals surface area contributed by atoms with Crippen LogP contribution in [-0.2, 0) is 9.59 Å². The molecule has 1 saturated heterocycles. The first kappa shape index (κ1) is 18.4. The van der Waals surface area contributed by atoms with E-state index in [0.717, 1.165) is 25.7 Å². The van der Waals surface area contributed by atoms with Crippen molar-refractivity contribution in [1.29, 1.82) is 0 Å². The molecule has 6 heteroatoms. The summed E-state index contributed by atoms with van der Waals surface area (Å²) >= 11 is 0. The average Bonchev–Trinajstić information content (AvgIpc) is 2.67. The summed E-state index contributed by atoms with van der Waals surface area (Å²) in [5, 5.41) is 2.70. The minimum atomic E-state index is -0.163. The van der Waals surface area contributed by atoms with E-state index in [4.69, 9.17) is 0 Å². The Labute approximate surface area is 154 Å². The van der Waals surface area contributed by atoms with Gasteiger partial charge in [0, 0.05) is 50.3 Å². The average molecular weight is 357 g/mol. The monoisotopic (exact) mass is 357 g/mol.